The fourth-order valence-electron chi connectivity index (χ4n) is 0.937. The Bertz CT molecular complexity index is 242. The van der Waals surface area contributed by atoms with Gasteiger partial charge in [0.2, 0.25) is 5.91 Å². The highest BCUT2D eigenvalue weighted by Gasteiger charge is 2.03. The van der Waals surface area contributed by atoms with Crippen molar-refractivity contribution in [3.63, 3.8) is 0 Å². The summed E-state index contributed by atoms with van der Waals surface area (Å²) in [6, 6.07) is 0. The van der Waals surface area contributed by atoms with E-state index in [1.54, 1.807) is 0 Å². The Morgan fingerprint density at radius 2 is 2.00 bits per heavy atom. The Hall–Kier alpha value is -0.910. The van der Waals surface area contributed by atoms with E-state index < -0.39 is 16.8 Å². The highest BCUT2D eigenvalue weighted by molar-refractivity contribution is 7.84. The summed E-state index contributed by atoms with van der Waals surface area (Å²) in [5.74, 6) is -0.0185. The smallest absolute Gasteiger partial charge is 0.303 e. The number of carbonyl (C=O) groups excluding carboxylic acids is 1. The molecule has 0 rings (SSSR count). The largest absolute Gasteiger partial charge is 0.481 e. The minimum Gasteiger partial charge on any atom is -0.481 e. The minimum absolute atomic E-state index is 0.00824. The number of carboxylic acids is 1. The predicted octanol–water partition coefficient (Wildman–Crippen LogP) is 0.126. The van der Waals surface area contributed by atoms with E-state index in [9.17, 15) is 13.8 Å². The second-order valence-corrected chi connectivity index (χ2v) is 4.90. The number of carbonyl (C=O) groups is 2. The van der Waals surface area contributed by atoms with E-state index in [2.05, 4.69) is 5.32 Å². The number of rotatable bonds is 8. The fraction of sp³-hybridized carbons (Fsp3) is 0.778. The molecule has 1 unspecified atom stereocenters. The van der Waals surface area contributed by atoms with Gasteiger partial charge in [0.25, 0.3) is 0 Å². The minimum atomic E-state index is -0.894. The molecule has 0 aromatic carbocycles. The Kier molecular flexibility index (Phi) is 7.89. The Morgan fingerprint density at radius 1 is 1.33 bits per heavy atom. The molecule has 6 heteroatoms. The maximum atomic E-state index is 11.1. The van der Waals surface area contributed by atoms with Crippen LogP contribution in [0.5, 0.6) is 0 Å². The first-order valence-corrected chi connectivity index (χ1v) is 6.38. The number of aliphatic carboxylic acids is 1. The summed E-state index contributed by atoms with van der Waals surface area (Å²) in [5, 5.41) is 10.9. The van der Waals surface area contributed by atoms with Gasteiger partial charge in [-0.1, -0.05) is 6.92 Å². The maximum Gasteiger partial charge on any atom is 0.303 e. The van der Waals surface area contributed by atoms with E-state index in [-0.39, 0.29) is 18.7 Å². The fourth-order valence-corrected chi connectivity index (χ4v) is 1.56. The molecule has 0 aliphatic heterocycles. The molecule has 15 heavy (non-hydrogen) atoms. The summed E-state index contributed by atoms with van der Waals surface area (Å²) < 4.78 is 11.0. The Morgan fingerprint density at radius 3 is 2.53 bits per heavy atom. The van der Waals surface area contributed by atoms with Crippen molar-refractivity contribution < 1.29 is 18.9 Å². The zero-order valence-electron chi connectivity index (χ0n) is 8.82. The average Bonchev–Trinajstić information content (AvgIpc) is 2.17. The topological polar surface area (TPSA) is 83.5 Å². The molecule has 2 N–H and O–H groups in total. The summed E-state index contributed by atoms with van der Waals surface area (Å²) in [4.78, 5) is 21.2. The summed E-state index contributed by atoms with van der Waals surface area (Å²) >= 11 is 0. The maximum absolute atomic E-state index is 11.1. The Balaban J connectivity index is 3.41. The molecule has 88 valence electrons. The molecule has 0 heterocycles. The standard InChI is InChI=1S/C9H17NO4S/c1-2-15(14)7-6-10-8(11)4-3-5-9(12)13/h2-7H2,1H3,(H,10,11)(H,12,13). The summed E-state index contributed by atoms with van der Waals surface area (Å²) in [6.07, 6.45) is 0.567. The van der Waals surface area contributed by atoms with Crippen molar-refractivity contribution in [2.24, 2.45) is 0 Å². The van der Waals surface area contributed by atoms with Crippen LogP contribution in [-0.2, 0) is 20.4 Å². The third-order valence-electron chi connectivity index (χ3n) is 1.77. The lowest BCUT2D eigenvalue weighted by Crippen LogP contribution is -2.27. The van der Waals surface area contributed by atoms with Crippen LogP contribution in [-0.4, -0.2) is 39.2 Å². The molecule has 0 aromatic rings. The van der Waals surface area contributed by atoms with Crippen molar-refractivity contribution in [3.8, 4) is 0 Å². The number of nitrogens with one attached hydrogen (secondary N) is 1. The van der Waals surface area contributed by atoms with Crippen LogP contribution in [0.4, 0.5) is 0 Å². The van der Waals surface area contributed by atoms with E-state index in [0.29, 0.717) is 24.5 Å². The molecule has 0 radical (unpaired) electrons. The zero-order valence-corrected chi connectivity index (χ0v) is 9.64. The van der Waals surface area contributed by atoms with Crippen LogP contribution < -0.4 is 5.32 Å². The first-order valence-electron chi connectivity index (χ1n) is 4.89. The third kappa shape index (κ3) is 9.40. The van der Waals surface area contributed by atoms with E-state index in [1.165, 1.54) is 0 Å². The monoisotopic (exact) mass is 235 g/mol. The van der Waals surface area contributed by atoms with Crippen LogP contribution in [0, 0.1) is 0 Å². The van der Waals surface area contributed by atoms with Crippen LogP contribution in [0.1, 0.15) is 26.2 Å². The van der Waals surface area contributed by atoms with Gasteiger partial charge in [-0.15, -0.1) is 0 Å². The molecular weight excluding hydrogens is 218 g/mol. The van der Waals surface area contributed by atoms with E-state index >= 15 is 0 Å². The van der Waals surface area contributed by atoms with Crippen LogP contribution in [0.25, 0.3) is 0 Å². The van der Waals surface area contributed by atoms with Crippen molar-refractivity contribution in [1.29, 1.82) is 0 Å². The van der Waals surface area contributed by atoms with Gasteiger partial charge in [-0.2, -0.15) is 0 Å². The van der Waals surface area contributed by atoms with Crippen molar-refractivity contribution in [3.05, 3.63) is 0 Å². The van der Waals surface area contributed by atoms with E-state index in [1.807, 2.05) is 6.92 Å². The first kappa shape index (κ1) is 14.1. The zero-order chi connectivity index (χ0) is 11.7. The van der Waals surface area contributed by atoms with Gasteiger partial charge in [0.15, 0.2) is 0 Å². The van der Waals surface area contributed by atoms with Gasteiger partial charge < -0.3 is 10.4 Å². The highest BCUT2D eigenvalue weighted by atomic mass is 32.2. The second-order valence-electron chi connectivity index (χ2n) is 3.03. The number of carboxylic acid groups (broad SMARTS) is 1. The van der Waals surface area contributed by atoms with Crippen LogP contribution >= 0.6 is 0 Å². The summed E-state index contributed by atoms with van der Waals surface area (Å²) in [7, 11) is -0.865. The van der Waals surface area contributed by atoms with Gasteiger partial charge in [0.05, 0.1) is 0 Å². The van der Waals surface area contributed by atoms with Crippen LogP contribution in [0.3, 0.4) is 0 Å². The molecule has 0 saturated heterocycles. The predicted molar refractivity (Wildman–Crippen MR) is 58.0 cm³/mol. The number of hydrogen-bond donors (Lipinski definition) is 2. The lowest BCUT2D eigenvalue weighted by molar-refractivity contribution is -0.137. The molecule has 0 spiro atoms. The SMILES string of the molecule is CCS(=O)CCNC(=O)CCCC(=O)O. The number of hydrogen-bond acceptors (Lipinski definition) is 3. The highest BCUT2D eigenvalue weighted by Crippen LogP contribution is 1.94. The van der Waals surface area contributed by atoms with Crippen molar-refractivity contribution in [2.45, 2.75) is 26.2 Å². The molecule has 0 bridgehead atoms. The van der Waals surface area contributed by atoms with E-state index in [4.69, 9.17) is 5.11 Å². The normalized spacial score (nSPS) is 12.1. The average molecular weight is 235 g/mol. The van der Waals surface area contributed by atoms with Gasteiger partial charge in [0, 0.05) is 41.7 Å². The second kappa shape index (κ2) is 8.40. The lowest BCUT2D eigenvalue weighted by atomic mass is 10.2. The molecule has 1 amide bonds. The molecule has 0 aliphatic carbocycles. The quantitative estimate of drug-likeness (QED) is 0.626. The molecular formula is C9H17NO4S. The van der Waals surface area contributed by atoms with Crippen molar-refractivity contribution >= 4 is 22.7 Å². The van der Waals surface area contributed by atoms with Gasteiger partial charge >= 0.3 is 5.97 Å². The molecule has 0 aliphatic rings. The van der Waals surface area contributed by atoms with Crippen LogP contribution in [0.15, 0.2) is 0 Å². The van der Waals surface area contributed by atoms with Crippen LogP contribution in [0.2, 0.25) is 0 Å². The van der Waals surface area contributed by atoms with E-state index in [0.717, 1.165) is 0 Å². The molecule has 0 aromatic heterocycles. The summed E-state index contributed by atoms with van der Waals surface area (Å²) in [6.45, 7) is 2.22. The number of amides is 1. The summed E-state index contributed by atoms with van der Waals surface area (Å²) in [5.41, 5.74) is 0. The van der Waals surface area contributed by atoms with Gasteiger partial charge in [-0.3, -0.25) is 13.8 Å². The van der Waals surface area contributed by atoms with Gasteiger partial charge in [-0.05, 0) is 6.42 Å². The van der Waals surface area contributed by atoms with Crippen molar-refractivity contribution in [1.82, 2.24) is 5.32 Å². The molecule has 0 fully saturated rings. The van der Waals surface area contributed by atoms with Crippen molar-refractivity contribution in [2.75, 3.05) is 18.1 Å². The molecule has 1 atom stereocenters. The third-order valence-corrected chi connectivity index (χ3v) is 3.07. The molecule has 0 saturated carbocycles. The van der Waals surface area contributed by atoms with Gasteiger partial charge in [-0.25, -0.2) is 0 Å². The first-order chi connectivity index (χ1) is 7.06. The lowest BCUT2D eigenvalue weighted by Gasteiger charge is -2.03. The van der Waals surface area contributed by atoms with Gasteiger partial charge in [0.1, 0.15) is 0 Å². The molecule has 5 nitrogen and oxygen atoms in total. The Labute approximate surface area is 91.7 Å².